The number of ether oxygens (including phenoxy) is 1. The molecule has 4 nitrogen and oxygen atoms in total. The maximum Gasteiger partial charge on any atom is 0.129 e. The van der Waals surface area contributed by atoms with Crippen LogP contribution in [0.25, 0.3) is 0 Å². The zero-order valence-electron chi connectivity index (χ0n) is 12.6. The standard InChI is InChI=1S/C16H24N2O2/c1-16(2,3)20-17-12-14-5-4-6-15(11-14)13-18-7-9-19-10-8-18/h4-6,11-12H,7-10,13H2,1-3H3/b17-12-. The molecule has 0 saturated carbocycles. The third kappa shape index (κ3) is 5.31. The molecule has 0 aliphatic carbocycles. The highest BCUT2D eigenvalue weighted by Crippen LogP contribution is 2.10. The number of nitrogens with zero attached hydrogens (tertiary/aromatic N) is 2. The van der Waals surface area contributed by atoms with Crippen molar-refractivity contribution in [3.05, 3.63) is 35.4 Å². The average Bonchev–Trinajstić information content (AvgIpc) is 2.39. The van der Waals surface area contributed by atoms with Gasteiger partial charge in [0.15, 0.2) is 0 Å². The van der Waals surface area contributed by atoms with E-state index < -0.39 is 0 Å². The maximum absolute atomic E-state index is 5.37. The van der Waals surface area contributed by atoms with Gasteiger partial charge in [-0.3, -0.25) is 4.90 Å². The minimum Gasteiger partial charge on any atom is -0.390 e. The van der Waals surface area contributed by atoms with Crippen molar-refractivity contribution in [2.45, 2.75) is 32.9 Å². The molecule has 0 aromatic heterocycles. The van der Waals surface area contributed by atoms with E-state index in [0.29, 0.717) is 0 Å². The van der Waals surface area contributed by atoms with Crippen LogP contribution in [-0.4, -0.2) is 43.0 Å². The number of oxime groups is 1. The van der Waals surface area contributed by atoms with Gasteiger partial charge in [0.2, 0.25) is 0 Å². The minimum absolute atomic E-state index is 0.248. The van der Waals surface area contributed by atoms with Crippen LogP contribution >= 0.6 is 0 Å². The van der Waals surface area contributed by atoms with Crippen LogP contribution in [0.3, 0.4) is 0 Å². The smallest absolute Gasteiger partial charge is 0.129 e. The summed E-state index contributed by atoms with van der Waals surface area (Å²) in [5.41, 5.74) is 2.12. The predicted octanol–water partition coefficient (Wildman–Crippen LogP) is 2.67. The van der Waals surface area contributed by atoms with Crippen molar-refractivity contribution >= 4 is 6.21 Å². The van der Waals surface area contributed by atoms with Crippen LogP contribution in [0, 0.1) is 0 Å². The zero-order valence-corrected chi connectivity index (χ0v) is 12.6. The van der Waals surface area contributed by atoms with E-state index in [0.717, 1.165) is 38.4 Å². The molecule has 2 rings (SSSR count). The predicted molar refractivity (Wildman–Crippen MR) is 81.0 cm³/mol. The molecule has 0 unspecified atom stereocenters. The van der Waals surface area contributed by atoms with Gasteiger partial charge in [-0.25, -0.2) is 0 Å². The molecule has 1 aromatic carbocycles. The van der Waals surface area contributed by atoms with Gasteiger partial charge in [0, 0.05) is 19.6 Å². The van der Waals surface area contributed by atoms with Crippen molar-refractivity contribution in [1.82, 2.24) is 4.90 Å². The highest BCUT2D eigenvalue weighted by Gasteiger charge is 2.11. The first-order chi connectivity index (χ1) is 9.53. The van der Waals surface area contributed by atoms with Crippen LogP contribution in [0.5, 0.6) is 0 Å². The molecule has 1 aliphatic heterocycles. The van der Waals surface area contributed by atoms with E-state index in [2.05, 4.69) is 28.3 Å². The van der Waals surface area contributed by atoms with Gasteiger partial charge in [-0.1, -0.05) is 23.4 Å². The Labute approximate surface area is 121 Å². The topological polar surface area (TPSA) is 34.1 Å². The fraction of sp³-hybridized carbons (Fsp3) is 0.562. The Morgan fingerprint density at radius 2 is 2.05 bits per heavy atom. The summed E-state index contributed by atoms with van der Waals surface area (Å²) in [5, 5.41) is 4.04. The summed E-state index contributed by atoms with van der Waals surface area (Å²) >= 11 is 0. The van der Waals surface area contributed by atoms with Crippen molar-refractivity contribution in [3.63, 3.8) is 0 Å². The minimum atomic E-state index is -0.248. The molecule has 20 heavy (non-hydrogen) atoms. The van der Waals surface area contributed by atoms with Gasteiger partial charge in [-0.05, 0) is 38.0 Å². The lowest BCUT2D eigenvalue weighted by Gasteiger charge is -2.26. The second-order valence-electron chi connectivity index (χ2n) is 6.07. The van der Waals surface area contributed by atoms with Crippen molar-refractivity contribution in [2.24, 2.45) is 5.16 Å². The SMILES string of the molecule is CC(C)(C)O/N=C\c1cccc(CN2CCOCC2)c1. The molecule has 0 spiro atoms. The molecule has 0 bridgehead atoms. The van der Waals surface area contributed by atoms with E-state index in [1.165, 1.54) is 5.56 Å². The summed E-state index contributed by atoms with van der Waals surface area (Å²) in [7, 11) is 0. The molecule has 4 heteroatoms. The normalized spacial score (nSPS) is 17.6. The Morgan fingerprint density at radius 3 is 2.75 bits per heavy atom. The van der Waals surface area contributed by atoms with Crippen molar-refractivity contribution in [3.8, 4) is 0 Å². The largest absolute Gasteiger partial charge is 0.390 e. The number of benzene rings is 1. The molecule has 1 aliphatic rings. The first kappa shape index (κ1) is 15.0. The fourth-order valence-electron chi connectivity index (χ4n) is 2.03. The second-order valence-corrected chi connectivity index (χ2v) is 6.07. The lowest BCUT2D eigenvalue weighted by molar-refractivity contribution is 0.00199. The van der Waals surface area contributed by atoms with Crippen molar-refractivity contribution in [2.75, 3.05) is 26.3 Å². The summed E-state index contributed by atoms with van der Waals surface area (Å²) in [4.78, 5) is 7.77. The molecule has 1 heterocycles. The highest BCUT2D eigenvalue weighted by molar-refractivity contribution is 5.79. The Kier molecular flexibility index (Phi) is 5.15. The molecule has 0 N–H and O–H groups in total. The number of rotatable bonds is 4. The Morgan fingerprint density at radius 1 is 1.30 bits per heavy atom. The lowest BCUT2D eigenvalue weighted by atomic mass is 10.1. The summed E-state index contributed by atoms with van der Waals surface area (Å²) < 4.78 is 5.37. The average molecular weight is 276 g/mol. The van der Waals surface area contributed by atoms with E-state index in [9.17, 15) is 0 Å². The summed E-state index contributed by atoms with van der Waals surface area (Å²) in [6, 6.07) is 8.41. The second kappa shape index (κ2) is 6.86. The fourth-order valence-corrected chi connectivity index (χ4v) is 2.03. The quantitative estimate of drug-likeness (QED) is 0.626. The molecule has 0 atom stereocenters. The van der Waals surface area contributed by atoms with Crippen LogP contribution in [0.4, 0.5) is 0 Å². The van der Waals surface area contributed by atoms with Gasteiger partial charge in [0.1, 0.15) is 5.60 Å². The third-order valence-corrected chi connectivity index (χ3v) is 2.99. The molecular formula is C16H24N2O2. The number of morpholine rings is 1. The molecule has 1 aromatic rings. The first-order valence-corrected chi connectivity index (χ1v) is 7.13. The van der Waals surface area contributed by atoms with Gasteiger partial charge in [-0.15, -0.1) is 0 Å². The monoisotopic (exact) mass is 276 g/mol. The number of hydrogen-bond donors (Lipinski definition) is 0. The van der Waals surface area contributed by atoms with E-state index in [1.54, 1.807) is 6.21 Å². The van der Waals surface area contributed by atoms with Gasteiger partial charge in [0.25, 0.3) is 0 Å². The van der Waals surface area contributed by atoms with Gasteiger partial charge >= 0.3 is 0 Å². The van der Waals surface area contributed by atoms with Crippen molar-refractivity contribution < 1.29 is 9.57 Å². The Hall–Kier alpha value is -1.39. The van der Waals surface area contributed by atoms with Gasteiger partial charge < -0.3 is 9.57 Å². The van der Waals surface area contributed by atoms with E-state index in [4.69, 9.17) is 9.57 Å². The van der Waals surface area contributed by atoms with Crippen LogP contribution in [0.2, 0.25) is 0 Å². The summed E-state index contributed by atoms with van der Waals surface area (Å²) in [5.74, 6) is 0. The van der Waals surface area contributed by atoms with Gasteiger partial charge in [-0.2, -0.15) is 0 Å². The Bertz CT molecular complexity index is 446. The van der Waals surface area contributed by atoms with Gasteiger partial charge in [0.05, 0.1) is 19.4 Å². The van der Waals surface area contributed by atoms with Crippen LogP contribution in [-0.2, 0) is 16.1 Å². The molecule has 1 fully saturated rings. The zero-order chi connectivity index (χ0) is 14.4. The molecular weight excluding hydrogens is 252 g/mol. The van der Waals surface area contributed by atoms with E-state index >= 15 is 0 Å². The maximum atomic E-state index is 5.37. The lowest BCUT2D eigenvalue weighted by Crippen LogP contribution is -2.35. The van der Waals surface area contributed by atoms with E-state index in [-0.39, 0.29) is 5.60 Å². The first-order valence-electron chi connectivity index (χ1n) is 7.13. The third-order valence-electron chi connectivity index (χ3n) is 2.99. The molecule has 0 amide bonds. The summed E-state index contributed by atoms with van der Waals surface area (Å²) in [6.07, 6.45) is 1.77. The molecule has 1 saturated heterocycles. The van der Waals surface area contributed by atoms with Crippen LogP contribution in [0.1, 0.15) is 31.9 Å². The molecule has 0 radical (unpaired) electrons. The Balaban J connectivity index is 1.93. The van der Waals surface area contributed by atoms with Crippen molar-refractivity contribution in [1.29, 1.82) is 0 Å². The van der Waals surface area contributed by atoms with Crippen LogP contribution in [0.15, 0.2) is 29.4 Å². The highest BCUT2D eigenvalue weighted by atomic mass is 16.6. The summed E-state index contributed by atoms with van der Waals surface area (Å²) in [6.45, 7) is 10.6. The number of hydrogen-bond acceptors (Lipinski definition) is 4. The van der Waals surface area contributed by atoms with Crippen LogP contribution < -0.4 is 0 Å². The van der Waals surface area contributed by atoms with E-state index in [1.807, 2.05) is 26.8 Å². The molecule has 110 valence electrons.